The summed E-state index contributed by atoms with van der Waals surface area (Å²) in [4.78, 5) is 14.4. The smallest absolute Gasteiger partial charge is 0.237 e. The number of nitrogens with one attached hydrogen (secondary N) is 2. The van der Waals surface area contributed by atoms with Crippen molar-refractivity contribution in [1.82, 2.24) is 15.5 Å². The molecule has 1 amide bonds. The first-order chi connectivity index (χ1) is 8.58. The molecule has 4 nitrogen and oxygen atoms in total. The number of nitrogens with zero attached hydrogens (tertiary/aromatic N) is 1. The van der Waals surface area contributed by atoms with E-state index in [-0.39, 0.29) is 18.0 Å². The summed E-state index contributed by atoms with van der Waals surface area (Å²) in [6, 6.07) is 0.803. The molecule has 4 heteroatoms. The molecule has 1 fully saturated rings. The van der Waals surface area contributed by atoms with Gasteiger partial charge in [0.25, 0.3) is 0 Å². The minimum absolute atomic E-state index is 0.0135. The van der Waals surface area contributed by atoms with Crippen LogP contribution in [0.4, 0.5) is 0 Å². The second-order valence-electron chi connectivity index (χ2n) is 5.39. The molecule has 0 bridgehead atoms. The number of hydrogen-bond donors (Lipinski definition) is 2. The topological polar surface area (TPSA) is 44.4 Å². The van der Waals surface area contributed by atoms with Crippen molar-refractivity contribution in [3.8, 4) is 0 Å². The average molecular weight is 255 g/mol. The van der Waals surface area contributed by atoms with Gasteiger partial charge < -0.3 is 10.6 Å². The minimum atomic E-state index is -0.0135. The second kappa shape index (κ2) is 7.74. The van der Waals surface area contributed by atoms with Gasteiger partial charge in [-0.15, -0.1) is 0 Å². The molecule has 0 aromatic carbocycles. The summed E-state index contributed by atoms with van der Waals surface area (Å²) in [5, 5.41) is 6.56. The third-order valence-corrected chi connectivity index (χ3v) is 3.87. The Kier molecular flexibility index (Phi) is 6.65. The average Bonchev–Trinajstić information content (AvgIpc) is 2.38. The zero-order valence-corrected chi connectivity index (χ0v) is 12.3. The van der Waals surface area contributed by atoms with Gasteiger partial charge in [0.1, 0.15) is 0 Å². The Morgan fingerprint density at radius 1 is 1.39 bits per heavy atom. The van der Waals surface area contributed by atoms with Gasteiger partial charge in [0.05, 0.1) is 6.04 Å². The largest absolute Gasteiger partial charge is 0.352 e. The van der Waals surface area contributed by atoms with E-state index in [4.69, 9.17) is 0 Å². The lowest BCUT2D eigenvalue weighted by atomic mass is 10.0. The number of hydrogen-bond acceptors (Lipinski definition) is 3. The highest BCUT2D eigenvalue weighted by Crippen LogP contribution is 2.13. The normalized spacial score (nSPS) is 24.6. The molecule has 1 heterocycles. The van der Waals surface area contributed by atoms with Crippen molar-refractivity contribution in [2.75, 3.05) is 19.6 Å². The Labute approximate surface area is 111 Å². The Morgan fingerprint density at radius 2 is 2.11 bits per heavy atom. The highest BCUT2D eigenvalue weighted by Gasteiger charge is 2.27. The molecular weight excluding hydrogens is 226 g/mol. The first-order valence-electron chi connectivity index (χ1n) is 7.36. The minimum Gasteiger partial charge on any atom is -0.352 e. The monoisotopic (exact) mass is 255 g/mol. The molecule has 0 aliphatic carbocycles. The maximum atomic E-state index is 12.1. The van der Waals surface area contributed by atoms with Gasteiger partial charge in [-0.05, 0) is 46.2 Å². The van der Waals surface area contributed by atoms with E-state index in [1.807, 2.05) is 6.92 Å². The fourth-order valence-electron chi connectivity index (χ4n) is 2.44. The predicted octanol–water partition coefficient (Wildman–Crippen LogP) is 1.36. The maximum Gasteiger partial charge on any atom is 0.237 e. The summed E-state index contributed by atoms with van der Waals surface area (Å²) >= 11 is 0. The fourth-order valence-corrected chi connectivity index (χ4v) is 2.44. The van der Waals surface area contributed by atoms with Gasteiger partial charge >= 0.3 is 0 Å². The van der Waals surface area contributed by atoms with E-state index < -0.39 is 0 Å². The Morgan fingerprint density at radius 3 is 2.72 bits per heavy atom. The van der Waals surface area contributed by atoms with Crippen LogP contribution in [0.5, 0.6) is 0 Å². The molecule has 106 valence electrons. The van der Waals surface area contributed by atoms with E-state index in [1.165, 1.54) is 12.8 Å². The van der Waals surface area contributed by atoms with Crippen LogP contribution in [-0.4, -0.2) is 48.6 Å². The molecule has 0 aromatic rings. The number of likely N-dealkylation sites (tertiary alicyclic amines) is 1. The summed E-state index contributed by atoms with van der Waals surface area (Å²) in [5.41, 5.74) is 0. The highest BCUT2D eigenvalue weighted by atomic mass is 16.2. The molecule has 1 aliphatic heterocycles. The van der Waals surface area contributed by atoms with E-state index in [9.17, 15) is 4.79 Å². The third kappa shape index (κ3) is 4.58. The van der Waals surface area contributed by atoms with Crippen LogP contribution < -0.4 is 10.6 Å². The number of likely N-dealkylation sites (N-methyl/N-ethyl adjacent to an activating group) is 1. The Balaban J connectivity index is 2.44. The van der Waals surface area contributed by atoms with E-state index in [0.717, 1.165) is 26.1 Å². The number of piperidine rings is 1. The summed E-state index contributed by atoms with van der Waals surface area (Å²) in [6.07, 6.45) is 3.39. The summed E-state index contributed by atoms with van der Waals surface area (Å²) in [6.45, 7) is 11.3. The number of rotatable bonds is 6. The van der Waals surface area contributed by atoms with Crippen LogP contribution in [0.1, 0.15) is 47.0 Å². The van der Waals surface area contributed by atoms with Gasteiger partial charge in [0, 0.05) is 18.6 Å². The van der Waals surface area contributed by atoms with Crippen molar-refractivity contribution in [3.63, 3.8) is 0 Å². The predicted molar refractivity (Wildman–Crippen MR) is 75.6 cm³/mol. The second-order valence-corrected chi connectivity index (χ2v) is 5.39. The SMILES string of the molecule is CCNC1CCCN(C(C)C(=O)NC(C)CC)C1. The number of carbonyl (C=O) groups excluding carboxylic acids is 1. The van der Waals surface area contributed by atoms with Gasteiger partial charge in [-0.3, -0.25) is 9.69 Å². The van der Waals surface area contributed by atoms with Crippen LogP contribution in [0, 0.1) is 0 Å². The Bertz CT molecular complexity index is 255. The lowest BCUT2D eigenvalue weighted by Crippen LogP contribution is -2.54. The Hall–Kier alpha value is -0.610. The zero-order chi connectivity index (χ0) is 13.5. The quantitative estimate of drug-likeness (QED) is 0.753. The molecule has 0 radical (unpaired) electrons. The third-order valence-electron chi connectivity index (χ3n) is 3.87. The summed E-state index contributed by atoms with van der Waals surface area (Å²) in [5.74, 6) is 0.168. The summed E-state index contributed by atoms with van der Waals surface area (Å²) in [7, 11) is 0. The van der Waals surface area contributed by atoms with Gasteiger partial charge in [0.15, 0.2) is 0 Å². The van der Waals surface area contributed by atoms with Crippen LogP contribution in [-0.2, 0) is 4.79 Å². The first-order valence-corrected chi connectivity index (χ1v) is 7.36. The lowest BCUT2D eigenvalue weighted by molar-refractivity contribution is -0.127. The van der Waals surface area contributed by atoms with Crippen LogP contribution >= 0.6 is 0 Å². The molecule has 3 atom stereocenters. The van der Waals surface area contributed by atoms with Crippen molar-refractivity contribution in [3.05, 3.63) is 0 Å². The lowest BCUT2D eigenvalue weighted by Gasteiger charge is -2.36. The maximum absolute atomic E-state index is 12.1. The number of carbonyl (C=O) groups is 1. The standard InChI is InChI=1S/C14H29N3O/c1-5-11(3)16-14(18)12(4)17-9-7-8-13(10-17)15-6-2/h11-13,15H,5-10H2,1-4H3,(H,16,18). The molecule has 2 N–H and O–H groups in total. The van der Waals surface area contributed by atoms with Crippen molar-refractivity contribution < 1.29 is 4.79 Å². The van der Waals surface area contributed by atoms with E-state index >= 15 is 0 Å². The van der Waals surface area contributed by atoms with Crippen LogP contribution in [0.2, 0.25) is 0 Å². The van der Waals surface area contributed by atoms with Crippen LogP contribution in [0.3, 0.4) is 0 Å². The molecule has 1 rings (SSSR count). The van der Waals surface area contributed by atoms with E-state index in [0.29, 0.717) is 6.04 Å². The van der Waals surface area contributed by atoms with E-state index in [2.05, 4.69) is 36.3 Å². The van der Waals surface area contributed by atoms with E-state index in [1.54, 1.807) is 0 Å². The first kappa shape index (κ1) is 15.4. The van der Waals surface area contributed by atoms with Gasteiger partial charge in [-0.25, -0.2) is 0 Å². The molecular formula is C14H29N3O. The number of amides is 1. The van der Waals surface area contributed by atoms with Gasteiger partial charge in [-0.2, -0.15) is 0 Å². The molecule has 18 heavy (non-hydrogen) atoms. The summed E-state index contributed by atoms with van der Waals surface area (Å²) < 4.78 is 0. The molecule has 0 aromatic heterocycles. The molecule has 3 unspecified atom stereocenters. The van der Waals surface area contributed by atoms with Crippen LogP contribution in [0.25, 0.3) is 0 Å². The zero-order valence-electron chi connectivity index (χ0n) is 12.3. The fraction of sp³-hybridized carbons (Fsp3) is 0.929. The van der Waals surface area contributed by atoms with Crippen molar-refractivity contribution in [1.29, 1.82) is 0 Å². The highest BCUT2D eigenvalue weighted by molar-refractivity contribution is 5.81. The molecule has 0 saturated carbocycles. The van der Waals surface area contributed by atoms with Crippen molar-refractivity contribution >= 4 is 5.91 Å². The van der Waals surface area contributed by atoms with Crippen LogP contribution in [0.15, 0.2) is 0 Å². The van der Waals surface area contributed by atoms with Gasteiger partial charge in [-0.1, -0.05) is 13.8 Å². The van der Waals surface area contributed by atoms with Gasteiger partial charge in [0.2, 0.25) is 5.91 Å². The van der Waals surface area contributed by atoms with Crippen molar-refractivity contribution in [2.45, 2.75) is 65.1 Å². The molecule has 0 spiro atoms. The van der Waals surface area contributed by atoms with Crippen molar-refractivity contribution in [2.24, 2.45) is 0 Å². The molecule has 1 saturated heterocycles. The molecule has 1 aliphatic rings.